The molecule has 0 spiro atoms. The van der Waals surface area contributed by atoms with Crippen LogP contribution in [0.25, 0.3) is 0 Å². The lowest BCUT2D eigenvalue weighted by Crippen LogP contribution is -2.37. The van der Waals surface area contributed by atoms with E-state index in [4.69, 9.17) is 5.73 Å². The number of benzene rings is 1. The van der Waals surface area contributed by atoms with Crippen molar-refractivity contribution in [1.82, 2.24) is 0 Å². The minimum Gasteiger partial charge on any atom is -0.330 e. The molecule has 0 unspecified atom stereocenters. The first kappa shape index (κ1) is 15.5. The molecule has 0 aliphatic heterocycles. The first-order valence-electron chi connectivity index (χ1n) is 8.12. The Morgan fingerprint density at radius 3 is 2.55 bits per heavy atom. The second-order valence-corrected chi connectivity index (χ2v) is 6.56. The molecule has 0 amide bonds. The van der Waals surface area contributed by atoms with Crippen LogP contribution in [0, 0.1) is 17.2 Å². The van der Waals surface area contributed by atoms with E-state index in [2.05, 4.69) is 6.92 Å². The van der Waals surface area contributed by atoms with E-state index in [1.54, 1.807) is 12.1 Å². The van der Waals surface area contributed by atoms with Crippen LogP contribution < -0.4 is 5.73 Å². The molecule has 1 nitrogen and oxygen atoms in total. The van der Waals surface area contributed by atoms with Crippen molar-refractivity contribution in [3.05, 3.63) is 35.6 Å². The molecule has 1 aromatic rings. The first-order valence-corrected chi connectivity index (χ1v) is 8.12. The molecule has 0 radical (unpaired) electrons. The van der Waals surface area contributed by atoms with Gasteiger partial charge in [0.1, 0.15) is 5.82 Å². The zero-order valence-corrected chi connectivity index (χ0v) is 12.7. The van der Waals surface area contributed by atoms with Gasteiger partial charge in [0, 0.05) is 0 Å². The maximum absolute atomic E-state index is 13.9. The number of rotatable bonds is 6. The summed E-state index contributed by atoms with van der Waals surface area (Å²) in [7, 11) is 0. The summed E-state index contributed by atoms with van der Waals surface area (Å²) in [5.41, 5.74) is 7.03. The highest BCUT2D eigenvalue weighted by molar-refractivity contribution is 5.19. The molecule has 112 valence electrons. The Kier molecular flexibility index (Phi) is 5.59. The highest BCUT2D eigenvalue weighted by Gasteiger charge is 2.34. The average Bonchev–Trinajstić information content (AvgIpc) is 2.49. The van der Waals surface area contributed by atoms with Gasteiger partial charge >= 0.3 is 0 Å². The van der Waals surface area contributed by atoms with Gasteiger partial charge in [0.2, 0.25) is 0 Å². The van der Waals surface area contributed by atoms with E-state index in [0.717, 1.165) is 30.7 Å². The Bertz CT molecular complexity index is 408. The topological polar surface area (TPSA) is 26.0 Å². The van der Waals surface area contributed by atoms with E-state index in [1.807, 2.05) is 12.1 Å². The molecule has 1 saturated carbocycles. The van der Waals surface area contributed by atoms with Gasteiger partial charge in [-0.1, -0.05) is 44.4 Å². The standard InChI is InChI=1S/C18H28FN/c1-2-3-6-15-9-11-18(14-20,12-10-15)13-16-7-4-5-8-17(16)19/h4-5,7-8,15H,2-3,6,9-14,20H2,1H3. The smallest absolute Gasteiger partial charge is 0.126 e. The molecule has 0 aromatic heterocycles. The third kappa shape index (κ3) is 3.82. The van der Waals surface area contributed by atoms with Crippen LogP contribution in [0.3, 0.4) is 0 Å². The minimum absolute atomic E-state index is 0.0755. The Morgan fingerprint density at radius 1 is 1.25 bits per heavy atom. The van der Waals surface area contributed by atoms with Crippen LogP contribution in [-0.2, 0) is 6.42 Å². The van der Waals surface area contributed by atoms with Crippen molar-refractivity contribution in [3.63, 3.8) is 0 Å². The molecule has 1 aliphatic carbocycles. The summed E-state index contributed by atoms with van der Waals surface area (Å²) in [5.74, 6) is 0.795. The summed E-state index contributed by atoms with van der Waals surface area (Å²) in [6, 6.07) is 7.16. The van der Waals surface area contributed by atoms with Crippen molar-refractivity contribution < 1.29 is 4.39 Å². The van der Waals surface area contributed by atoms with Gasteiger partial charge in [-0.15, -0.1) is 0 Å². The van der Waals surface area contributed by atoms with Crippen LogP contribution in [-0.4, -0.2) is 6.54 Å². The maximum Gasteiger partial charge on any atom is 0.126 e. The van der Waals surface area contributed by atoms with E-state index in [1.165, 1.54) is 32.1 Å². The molecule has 2 N–H and O–H groups in total. The van der Waals surface area contributed by atoms with Gasteiger partial charge in [-0.05, 0) is 61.6 Å². The highest BCUT2D eigenvalue weighted by atomic mass is 19.1. The monoisotopic (exact) mass is 277 g/mol. The quantitative estimate of drug-likeness (QED) is 0.801. The number of halogens is 1. The van der Waals surface area contributed by atoms with Crippen molar-refractivity contribution in [3.8, 4) is 0 Å². The number of hydrogen-bond donors (Lipinski definition) is 1. The summed E-state index contributed by atoms with van der Waals surface area (Å²) in [6.45, 7) is 2.94. The van der Waals surface area contributed by atoms with E-state index in [-0.39, 0.29) is 11.2 Å². The van der Waals surface area contributed by atoms with Gasteiger partial charge in [-0.2, -0.15) is 0 Å². The Hall–Kier alpha value is -0.890. The molecule has 1 fully saturated rings. The summed E-state index contributed by atoms with van der Waals surface area (Å²) >= 11 is 0. The Labute approximate surface area is 122 Å². The molecule has 1 aromatic carbocycles. The summed E-state index contributed by atoms with van der Waals surface area (Å²) in [4.78, 5) is 0. The predicted molar refractivity (Wildman–Crippen MR) is 83.1 cm³/mol. The van der Waals surface area contributed by atoms with Crippen LogP contribution in [0.4, 0.5) is 4.39 Å². The van der Waals surface area contributed by atoms with Crippen LogP contribution >= 0.6 is 0 Å². The Morgan fingerprint density at radius 2 is 1.95 bits per heavy atom. The zero-order chi connectivity index (χ0) is 14.4. The molecular weight excluding hydrogens is 249 g/mol. The van der Waals surface area contributed by atoms with E-state index in [0.29, 0.717) is 6.54 Å². The van der Waals surface area contributed by atoms with Crippen LogP contribution in [0.15, 0.2) is 24.3 Å². The van der Waals surface area contributed by atoms with Crippen LogP contribution in [0.1, 0.15) is 57.4 Å². The van der Waals surface area contributed by atoms with Gasteiger partial charge in [0.15, 0.2) is 0 Å². The average molecular weight is 277 g/mol. The van der Waals surface area contributed by atoms with Crippen LogP contribution in [0.2, 0.25) is 0 Å². The van der Waals surface area contributed by atoms with Crippen molar-refractivity contribution in [2.45, 2.75) is 58.3 Å². The van der Waals surface area contributed by atoms with Crippen molar-refractivity contribution >= 4 is 0 Å². The van der Waals surface area contributed by atoms with E-state index in [9.17, 15) is 4.39 Å². The molecule has 0 atom stereocenters. The number of nitrogens with two attached hydrogens (primary N) is 1. The maximum atomic E-state index is 13.9. The zero-order valence-electron chi connectivity index (χ0n) is 12.7. The third-order valence-electron chi connectivity index (χ3n) is 5.09. The molecular formula is C18H28FN. The fourth-order valence-electron chi connectivity index (χ4n) is 3.57. The molecule has 20 heavy (non-hydrogen) atoms. The van der Waals surface area contributed by atoms with Gasteiger partial charge < -0.3 is 5.73 Å². The fourth-order valence-corrected chi connectivity index (χ4v) is 3.57. The normalized spacial score (nSPS) is 26.6. The van der Waals surface area contributed by atoms with Crippen molar-refractivity contribution in [2.24, 2.45) is 17.1 Å². The molecule has 1 aliphatic rings. The minimum atomic E-state index is -0.0755. The van der Waals surface area contributed by atoms with E-state index < -0.39 is 0 Å². The second-order valence-electron chi connectivity index (χ2n) is 6.56. The number of unbranched alkanes of at least 4 members (excludes halogenated alkanes) is 1. The van der Waals surface area contributed by atoms with Crippen molar-refractivity contribution in [2.75, 3.05) is 6.54 Å². The lowest BCUT2D eigenvalue weighted by atomic mass is 9.66. The fraction of sp³-hybridized carbons (Fsp3) is 0.667. The van der Waals surface area contributed by atoms with Crippen LogP contribution in [0.5, 0.6) is 0 Å². The summed E-state index contributed by atoms with van der Waals surface area (Å²) < 4.78 is 13.9. The molecule has 2 heteroatoms. The Balaban J connectivity index is 1.97. The highest BCUT2D eigenvalue weighted by Crippen LogP contribution is 2.42. The van der Waals surface area contributed by atoms with Gasteiger partial charge in [-0.25, -0.2) is 4.39 Å². The second kappa shape index (κ2) is 7.21. The summed E-state index contributed by atoms with van der Waals surface area (Å²) in [6.07, 6.45) is 9.64. The van der Waals surface area contributed by atoms with Crippen molar-refractivity contribution in [1.29, 1.82) is 0 Å². The van der Waals surface area contributed by atoms with Gasteiger partial charge in [0.25, 0.3) is 0 Å². The predicted octanol–water partition coefficient (Wildman–Crippen LogP) is 4.69. The largest absolute Gasteiger partial charge is 0.330 e. The SMILES string of the molecule is CCCCC1CCC(CN)(Cc2ccccc2F)CC1. The third-order valence-corrected chi connectivity index (χ3v) is 5.09. The molecule has 2 rings (SSSR count). The lowest BCUT2D eigenvalue weighted by molar-refractivity contribution is 0.148. The molecule has 0 heterocycles. The molecule has 0 bridgehead atoms. The van der Waals surface area contributed by atoms with E-state index >= 15 is 0 Å². The number of hydrogen-bond acceptors (Lipinski definition) is 1. The summed E-state index contributed by atoms with van der Waals surface area (Å²) in [5, 5.41) is 0. The van der Waals surface area contributed by atoms with Gasteiger partial charge in [-0.3, -0.25) is 0 Å². The molecule has 0 saturated heterocycles. The first-order chi connectivity index (χ1) is 9.69. The van der Waals surface area contributed by atoms with Gasteiger partial charge in [0.05, 0.1) is 0 Å². The lowest BCUT2D eigenvalue weighted by Gasteiger charge is -2.40.